The molecule has 1 aromatic carbocycles. The van der Waals surface area contributed by atoms with Gasteiger partial charge in [-0.3, -0.25) is 0 Å². The van der Waals surface area contributed by atoms with Crippen LogP contribution in [0.2, 0.25) is 0 Å². The van der Waals surface area contributed by atoms with E-state index >= 15 is 0 Å². The van der Waals surface area contributed by atoms with Crippen molar-refractivity contribution in [3.8, 4) is 0 Å². The molecule has 2 N–H and O–H groups in total. The van der Waals surface area contributed by atoms with E-state index in [0.29, 0.717) is 6.42 Å². The van der Waals surface area contributed by atoms with Gasteiger partial charge in [-0.25, -0.2) is 4.39 Å². The van der Waals surface area contributed by atoms with Gasteiger partial charge in [-0.2, -0.15) is 0 Å². The van der Waals surface area contributed by atoms with Crippen molar-refractivity contribution < 1.29 is 4.39 Å². The molecule has 0 aliphatic heterocycles. The van der Waals surface area contributed by atoms with E-state index in [-0.39, 0.29) is 6.04 Å². The fourth-order valence-corrected chi connectivity index (χ4v) is 1.26. The van der Waals surface area contributed by atoms with E-state index in [9.17, 15) is 4.39 Å². The van der Waals surface area contributed by atoms with E-state index in [2.05, 4.69) is 0 Å². The van der Waals surface area contributed by atoms with E-state index < -0.39 is 6.17 Å². The Morgan fingerprint density at radius 3 is 2.54 bits per heavy atom. The topological polar surface area (TPSA) is 26.0 Å². The lowest BCUT2D eigenvalue weighted by molar-refractivity contribution is 0.304. The highest BCUT2D eigenvalue weighted by atomic mass is 19.1. The molecule has 1 rings (SSSR count). The minimum atomic E-state index is -0.945. The summed E-state index contributed by atoms with van der Waals surface area (Å²) in [6.07, 6.45) is -0.329. The third-order valence-corrected chi connectivity index (χ3v) is 2.31. The van der Waals surface area contributed by atoms with E-state index in [1.54, 1.807) is 0 Å². The van der Waals surface area contributed by atoms with Crippen LogP contribution < -0.4 is 5.73 Å². The van der Waals surface area contributed by atoms with E-state index in [1.165, 1.54) is 12.5 Å². The number of benzene rings is 1. The van der Waals surface area contributed by atoms with Crippen molar-refractivity contribution in [3.05, 3.63) is 35.4 Å². The second-order valence-corrected chi connectivity index (χ2v) is 3.47. The molecule has 13 heavy (non-hydrogen) atoms. The summed E-state index contributed by atoms with van der Waals surface area (Å²) in [6.45, 7) is 3.52. The minimum Gasteiger partial charge on any atom is -0.325 e. The van der Waals surface area contributed by atoms with Crippen molar-refractivity contribution in [2.24, 2.45) is 5.73 Å². The van der Waals surface area contributed by atoms with Gasteiger partial charge in [0, 0.05) is 6.04 Å². The second-order valence-electron chi connectivity index (χ2n) is 3.47. The number of alkyl halides is 1. The van der Waals surface area contributed by atoms with Crippen molar-refractivity contribution in [2.45, 2.75) is 32.5 Å². The molecule has 0 heterocycles. The molecule has 0 bridgehead atoms. The second kappa shape index (κ2) is 4.38. The molecule has 72 valence electrons. The van der Waals surface area contributed by atoms with Gasteiger partial charge in [-0.15, -0.1) is 0 Å². The van der Waals surface area contributed by atoms with Gasteiger partial charge >= 0.3 is 0 Å². The number of halogens is 1. The number of hydrogen-bond donors (Lipinski definition) is 1. The summed E-state index contributed by atoms with van der Waals surface area (Å²) in [5.41, 5.74) is 7.96. The van der Waals surface area contributed by atoms with Crippen LogP contribution in [-0.4, -0.2) is 12.2 Å². The first-order chi connectivity index (χ1) is 6.11. The molecule has 0 spiro atoms. The molecule has 1 aromatic rings. The molecule has 2 heteroatoms. The van der Waals surface area contributed by atoms with Crippen LogP contribution in [0.1, 0.15) is 18.1 Å². The first-order valence-electron chi connectivity index (χ1n) is 4.55. The quantitative estimate of drug-likeness (QED) is 0.760. The summed E-state index contributed by atoms with van der Waals surface area (Å²) in [4.78, 5) is 0. The molecule has 0 fully saturated rings. The SMILES string of the molecule is Cc1ccccc1CC(N)C(C)F. The molecular weight excluding hydrogens is 165 g/mol. The van der Waals surface area contributed by atoms with Gasteiger partial charge in [0.05, 0.1) is 0 Å². The van der Waals surface area contributed by atoms with Gasteiger partial charge in [0.25, 0.3) is 0 Å². The van der Waals surface area contributed by atoms with Gasteiger partial charge < -0.3 is 5.73 Å². The lowest BCUT2D eigenvalue weighted by atomic mass is 10.00. The largest absolute Gasteiger partial charge is 0.325 e. The Kier molecular flexibility index (Phi) is 3.43. The van der Waals surface area contributed by atoms with Gasteiger partial charge in [-0.1, -0.05) is 24.3 Å². The molecule has 0 radical (unpaired) electrons. The standard InChI is InChI=1S/C11H16FN/c1-8-5-3-4-6-10(8)7-11(13)9(2)12/h3-6,9,11H,7,13H2,1-2H3. The zero-order valence-corrected chi connectivity index (χ0v) is 8.13. The molecule has 0 saturated carbocycles. The highest BCUT2D eigenvalue weighted by molar-refractivity contribution is 5.26. The fourth-order valence-electron chi connectivity index (χ4n) is 1.26. The van der Waals surface area contributed by atoms with Gasteiger partial charge in [0.1, 0.15) is 6.17 Å². The van der Waals surface area contributed by atoms with Crippen molar-refractivity contribution in [3.63, 3.8) is 0 Å². The molecule has 1 nitrogen and oxygen atoms in total. The van der Waals surface area contributed by atoms with Crippen molar-refractivity contribution >= 4 is 0 Å². The highest BCUT2D eigenvalue weighted by Crippen LogP contribution is 2.11. The van der Waals surface area contributed by atoms with Crippen LogP contribution in [0.5, 0.6) is 0 Å². The number of aryl methyl sites for hydroxylation is 1. The Morgan fingerprint density at radius 1 is 1.38 bits per heavy atom. The zero-order chi connectivity index (χ0) is 9.84. The lowest BCUT2D eigenvalue weighted by Gasteiger charge is -2.14. The molecule has 0 amide bonds. The van der Waals surface area contributed by atoms with E-state index in [0.717, 1.165) is 5.56 Å². The molecule has 0 aliphatic carbocycles. The maximum Gasteiger partial charge on any atom is 0.113 e. The van der Waals surface area contributed by atoms with Crippen molar-refractivity contribution in [1.82, 2.24) is 0 Å². The number of nitrogens with two attached hydrogens (primary N) is 1. The van der Waals surface area contributed by atoms with Crippen LogP contribution in [0.4, 0.5) is 4.39 Å². The summed E-state index contributed by atoms with van der Waals surface area (Å²) >= 11 is 0. The van der Waals surface area contributed by atoms with Crippen LogP contribution in [-0.2, 0) is 6.42 Å². The first kappa shape index (κ1) is 10.2. The number of rotatable bonds is 3. The Hall–Kier alpha value is -0.890. The van der Waals surface area contributed by atoms with Crippen LogP contribution in [0, 0.1) is 6.92 Å². The third kappa shape index (κ3) is 2.81. The Morgan fingerprint density at radius 2 is 2.00 bits per heavy atom. The first-order valence-corrected chi connectivity index (χ1v) is 4.55. The average Bonchev–Trinajstić information content (AvgIpc) is 2.08. The van der Waals surface area contributed by atoms with Gasteiger partial charge in [-0.05, 0) is 31.4 Å². The van der Waals surface area contributed by atoms with Crippen LogP contribution >= 0.6 is 0 Å². The summed E-state index contributed by atoms with van der Waals surface area (Å²) < 4.78 is 12.8. The highest BCUT2D eigenvalue weighted by Gasteiger charge is 2.12. The van der Waals surface area contributed by atoms with E-state index in [1.807, 2.05) is 31.2 Å². The van der Waals surface area contributed by atoms with Gasteiger partial charge in [0.15, 0.2) is 0 Å². The van der Waals surface area contributed by atoms with Gasteiger partial charge in [0.2, 0.25) is 0 Å². The summed E-state index contributed by atoms with van der Waals surface area (Å²) in [7, 11) is 0. The smallest absolute Gasteiger partial charge is 0.113 e. The maximum atomic E-state index is 12.8. The molecule has 0 aromatic heterocycles. The molecular formula is C11H16FN. The molecule has 0 aliphatic rings. The summed E-state index contributed by atoms with van der Waals surface area (Å²) in [6, 6.07) is 7.56. The normalized spacial score (nSPS) is 15.4. The lowest BCUT2D eigenvalue weighted by Crippen LogP contribution is -2.31. The number of hydrogen-bond acceptors (Lipinski definition) is 1. The molecule has 2 unspecified atom stereocenters. The zero-order valence-electron chi connectivity index (χ0n) is 8.13. The fraction of sp³-hybridized carbons (Fsp3) is 0.455. The van der Waals surface area contributed by atoms with Crippen molar-refractivity contribution in [1.29, 1.82) is 0 Å². The summed E-state index contributed by atoms with van der Waals surface area (Å²) in [5.74, 6) is 0. The Balaban J connectivity index is 2.69. The Bertz CT molecular complexity index is 271. The third-order valence-electron chi connectivity index (χ3n) is 2.31. The maximum absolute atomic E-state index is 12.8. The summed E-state index contributed by atoms with van der Waals surface area (Å²) in [5, 5.41) is 0. The molecule has 2 atom stereocenters. The average molecular weight is 181 g/mol. The Labute approximate surface area is 78.8 Å². The predicted molar refractivity (Wildman–Crippen MR) is 53.4 cm³/mol. The minimum absolute atomic E-state index is 0.388. The van der Waals surface area contributed by atoms with Crippen LogP contribution in [0.3, 0.4) is 0 Å². The molecule has 0 saturated heterocycles. The van der Waals surface area contributed by atoms with Crippen LogP contribution in [0.25, 0.3) is 0 Å². The van der Waals surface area contributed by atoms with E-state index in [4.69, 9.17) is 5.73 Å². The van der Waals surface area contributed by atoms with Crippen molar-refractivity contribution in [2.75, 3.05) is 0 Å². The van der Waals surface area contributed by atoms with Crippen LogP contribution in [0.15, 0.2) is 24.3 Å². The monoisotopic (exact) mass is 181 g/mol. The predicted octanol–water partition coefficient (Wildman–Crippen LogP) is 2.22.